The molecular formula is C31H29FN4O5S. The zero-order valence-electron chi connectivity index (χ0n) is 23.0. The fourth-order valence-corrected chi connectivity index (χ4v) is 5.22. The van der Waals surface area contributed by atoms with Crippen molar-refractivity contribution in [3.8, 4) is 5.75 Å². The molecule has 0 aromatic heterocycles. The molecule has 4 rings (SSSR count). The number of ether oxygens (including phenoxy) is 1. The average Bonchev–Trinajstić information content (AvgIpc) is 2.98. The van der Waals surface area contributed by atoms with E-state index in [1.807, 2.05) is 13.8 Å². The Balaban J connectivity index is 1.35. The van der Waals surface area contributed by atoms with Crippen LogP contribution in [-0.4, -0.2) is 39.6 Å². The lowest BCUT2D eigenvalue weighted by Crippen LogP contribution is -2.39. The van der Waals surface area contributed by atoms with Gasteiger partial charge in [0, 0.05) is 5.69 Å². The predicted molar refractivity (Wildman–Crippen MR) is 160 cm³/mol. The second-order valence-electron chi connectivity index (χ2n) is 9.30. The maximum absolute atomic E-state index is 13.4. The summed E-state index contributed by atoms with van der Waals surface area (Å²) < 4.78 is 46.4. The van der Waals surface area contributed by atoms with E-state index in [1.165, 1.54) is 42.6 Å². The Labute approximate surface area is 243 Å². The van der Waals surface area contributed by atoms with Crippen LogP contribution in [0.15, 0.2) is 107 Å². The molecule has 2 amide bonds. The molecule has 9 nitrogen and oxygen atoms in total. The molecule has 0 radical (unpaired) electrons. The van der Waals surface area contributed by atoms with Gasteiger partial charge in [0.15, 0.2) is 6.61 Å². The molecule has 0 unspecified atom stereocenters. The zero-order chi connectivity index (χ0) is 30.1. The molecular weight excluding hydrogens is 559 g/mol. The molecule has 0 fully saturated rings. The van der Waals surface area contributed by atoms with Crippen LogP contribution < -0.4 is 19.8 Å². The maximum Gasteiger partial charge on any atom is 0.264 e. The van der Waals surface area contributed by atoms with Gasteiger partial charge < -0.3 is 10.1 Å². The van der Waals surface area contributed by atoms with E-state index in [0.717, 1.165) is 15.4 Å². The largest absolute Gasteiger partial charge is 0.484 e. The number of benzene rings is 4. The summed E-state index contributed by atoms with van der Waals surface area (Å²) in [6, 6.07) is 25.1. The van der Waals surface area contributed by atoms with Crippen LogP contribution in [0.1, 0.15) is 16.7 Å². The fourth-order valence-electron chi connectivity index (χ4n) is 3.79. The molecule has 4 aromatic carbocycles. The van der Waals surface area contributed by atoms with Crippen LogP contribution >= 0.6 is 0 Å². The van der Waals surface area contributed by atoms with Gasteiger partial charge in [0.25, 0.3) is 21.8 Å². The second-order valence-corrected chi connectivity index (χ2v) is 11.2. The standard InChI is InChI=1S/C31H29FN4O5S/c1-22-8-15-27(18-23(22)2)36(42(39,40)29-6-4-3-5-7-29)20-30(37)35-33-19-24-9-16-28(17-10-24)41-21-31(38)34-26-13-11-25(32)12-14-26/h3-19H,20-21H2,1-2H3,(H,34,38)(H,35,37)/b33-19-. The summed E-state index contributed by atoms with van der Waals surface area (Å²) in [4.78, 5) is 24.9. The van der Waals surface area contributed by atoms with Crippen LogP contribution in [-0.2, 0) is 19.6 Å². The van der Waals surface area contributed by atoms with Gasteiger partial charge in [0.2, 0.25) is 0 Å². The van der Waals surface area contributed by atoms with Crippen molar-refractivity contribution in [1.29, 1.82) is 0 Å². The van der Waals surface area contributed by atoms with E-state index >= 15 is 0 Å². The lowest BCUT2D eigenvalue weighted by atomic mass is 10.1. The molecule has 216 valence electrons. The predicted octanol–water partition coefficient (Wildman–Crippen LogP) is 4.81. The third-order valence-electron chi connectivity index (χ3n) is 6.18. The van der Waals surface area contributed by atoms with E-state index in [-0.39, 0.29) is 11.5 Å². The molecule has 0 heterocycles. The third kappa shape index (κ3) is 8.01. The molecule has 0 aliphatic heterocycles. The molecule has 0 saturated carbocycles. The Morgan fingerprint density at radius 1 is 0.881 bits per heavy atom. The van der Waals surface area contributed by atoms with E-state index in [4.69, 9.17) is 4.74 Å². The number of halogens is 1. The highest BCUT2D eigenvalue weighted by Crippen LogP contribution is 2.25. The van der Waals surface area contributed by atoms with Crippen LogP contribution in [0.25, 0.3) is 0 Å². The van der Waals surface area contributed by atoms with Crippen molar-refractivity contribution >= 4 is 39.4 Å². The quantitative estimate of drug-likeness (QED) is 0.193. The smallest absolute Gasteiger partial charge is 0.264 e. The molecule has 4 aromatic rings. The number of amides is 2. The Bertz CT molecular complexity index is 1680. The van der Waals surface area contributed by atoms with Crippen molar-refractivity contribution in [1.82, 2.24) is 5.43 Å². The van der Waals surface area contributed by atoms with Crippen LogP contribution in [0, 0.1) is 19.7 Å². The van der Waals surface area contributed by atoms with Gasteiger partial charge in [-0.15, -0.1) is 0 Å². The highest BCUT2D eigenvalue weighted by molar-refractivity contribution is 7.92. The Hall–Kier alpha value is -5.03. The summed E-state index contributed by atoms with van der Waals surface area (Å²) in [5.41, 5.74) is 5.71. The van der Waals surface area contributed by atoms with Gasteiger partial charge in [-0.05, 0) is 103 Å². The molecule has 0 atom stereocenters. The summed E-state index contributed by atoms with van der Waals surface area (Å²) in [6.07, 6.45) is 1.40. The van der Waals surface area contributed by atoms with Crippen molar-refractivity contribution in [2.45, 2.75) is 18.7 Å². The molecule has 0 aliphatic rings. The lowest BCUT2D eigenvalue weighted by molar-refractivity contribution is -0.119. The summed E-state index contributed by atoms with van der Waals surface area (Å²) in [5, 5.41) is 6.56. The number of aryl methyl sites for hydroxylation is 2. The van der Waals surface area contributed by atoms with E-state index in [0.29, 0.717) is 22.7 Å². The highest BCUT2D eigenvalue weighted by Gasteiger charge is 2.27. The van der Waals surface area contributed by atoms with Gasteiger partial charge in [-0.2, -0.15) is 5.10 Å². The minimum absolute atomic E-state index is 0.0646. The summed E-state index contributed by atoms with van der Waals surface area (Å²) >= 11 is 0. The second kappa shape index (κ2) is 13.6. The lowest BCUT2D eigenvalue weighted by Gasteiger charge is -2.24. The number of sulfonamides is 1. The van der Waals surface area contributed by atoms with Gasteiger partial charge in [-0.25, -0.2) is 18.2 Å². The van der Waals surface area contributed by atoms with Gasteiger partial charge in [-0.3, -0.25) is 13.9 Å². The highest BCUT2D eigenvalue weighted by atomic mass is 32.2. The number of carbonyl (C=O) groups is 2. The van der Waals surface area contributed by atoms with Gasteiger partial charge in [-0.1, -0.05) is 24.3 Å². The minimum atomic E-state index is -4.03. The van der Waals surface area contributed by atoms with E-state index in [9.17, 15) is 22.4 Å². The molecule has 42 heavy (non-hydrogen) atoms. The first-order chi connectivity index (χ1) is 20.1. The molecule has 2 N–H and O–H groups in total. The third-order valence-corrected chi connectivity index (χ3v) is 7.97. The van der Waals surface area contributed by atoms with Crippen LogP contribution in [0.3, 0.4) is 0 Å². The first-order valence-electron chi connectivity index (χ1n) is 12.9. The van der Waals surface area contributed by atoms with Crippen LogP contribution in [0.5, 0.6) is 5.75 Å². The van der Waals surface area contributed by atoms with Crippen molar-refractivity contribution < 1.29 is 27.1 Å². The monoisotopic (exact) mass is 588 g/mol. The van der Waals surface area contributed by atoms with Crippen LogP contribution in [0.4, 0.5) is 15.8 Å². The molecule has 11 heteroatoms. The summed E-state index contributed by atoms with van der Waals surface area (Å²) in [6.45, 7) is 3.06. The van der Waals surface area contributed by atoms with Crippen molar-refractivity contribution in [3.05, 3.63) is 120 Å². The van der Waals surface area contributed by atoms with Crippen LogP contribution in [0.2, 0.25) is 0 Å². The van der Waals surface area contributed by atoms with Crippen molar-refractivity contribution in [3.63, 3.8) is 0 Å². The van der Waals surface area contributed by atoms with Crippen molar-refractivity contribution in [2.75, 3.05) is 22.8 Å². The number of hydrogen-bond donors (Lipinski definition) is 2. The number of rotatable bonds is 11. The number of nitrogens with one attached hydrogen (secondary N) is 2. The van der Waals surface area contributed by atoms with Crippen molar-refractivity contribution in [2.24, 2.45) is 5.10 Å². The SMILES string of the molecule is Cc1ccc(N(CC(=O)N/N=C\c2ccc(OCC(=O)Nc3ccc(F)cc3)cc2)S(=O)(=O)c2ccccc2)cc1C. The Kier molecular flexibility index (Phi) is 9.66. The average molecular weight is 589 g/mol. The Morgan fingerprint density at radius 2 is 1.57 bits per heavy atom. The first kappa shape index (κ1) is 29.9. The summed E-state index contributed by atoms with van der Waals surface area (Å²) in [7, 11) is -4.03. The molecule has 0 spiro atoms. The summed E-state index contributed by atoms with van der Waals surface area (Å²) in [5.74, 6) is -1.00. The maximum atomic E-state index is 13.4. The fraction of sp³-hybridized carbons (Fsp3) is 0.129. The van der Waals surface area contributed by atoms with E-state index in [1.54, 1.807) is 60.7 Å². The number of carbonyl (C=O) groups excluding carboxylic acids is 2. The molecule has 0 bridgehead atoms. The van der Waals surface area contributed by atoms with Gasteiger partial charge in [0.1, 0.15) is 18.1 Å². The molecule has 0 saturated heterocycles. The normalized spacial score (nSPS) is 11.2. The first-order valence-corrected chi connectivity index (χ1v) is 14.3. The number of hydrogen-bond acceptors (Lipinski definition) is 6. The zero-order valence-corrected chi connectivity index (χ0v) is 23.8. The number of anilines is 2. The van der Waals surface area contributed by atoms with Gasteiger partial charge >= 0.3 is 0 Å². The molecule has 0 aliphatic carbocycles. The number of hydrazone groups is 1. The van der Waals surface area contributed by atoms with E-state index < -0.39 is 34.2 Å². The van der Waals surface area contributed by atoms with Gasteiger partial charge in [0.05, 0.1) is 16.8 Å². The topological polar surface area (TPSA) is 117 Å². The van der Waals surface area contributed by atoms with E-state index in [2.05, 4.69) is 15.8 Å². The minimum Gasteiger partial charge on any atom is -0.484 e. The Morgan fingerprint density at radius 3 is 2.24 bits per heavy atom. The number of nitrogens with zero attached hydrogens (tertiary/aromatic N) is 2.